The maximum Gasteiger partial charge on any atom is 0.306 e. The molecule has 0 aliphatic rings. The molecule has 0 spiro atoms. The van der Waals surface area contributed by atoms with Crippen molar-refractivity contribution < 1.29 is 14.4 Å². The SMILES string of the molecule is C[C@@H](NCC(O)Cn1cc([N+](=O)[O-])cn1)c1ccco1. The maximum atomic E-state index is 10.5. The van der Waals surface area contributed by atoms with Crippen LogP contribution < -0.4 is 5.32 Å². The number of rotatable bonds is 7. The van der Waals surface area contributed by atoms with E-state index in [1.165, 1.54) is 10.9 Å². The van der Waals surface area contributed by atoms with Gasteiger partial charge in [-0.15, -0.1) is 0 Å². The maximum absolute atomic E-state index is 10.5. The van der Waals surface area contributed by atoms with Crippen molar-refractivity contribution in [1.29, 1.82) is 0 Å². The van der Waals surface area contributed by atoms with E-state index in [0.29, 0.717) is 6.54 Å². The number of aliphatic hydroxyl groups excluding tert-OH is 1. The summed E-state index contributed by atoms with van der Waals surface area (Å²) in [5, 5.41) is 27.3. The van der Waals surface area contributed by atoms with Crippen LogP contribution in [0.1, 0.15) is 18.7 Å². The summed E-state index contributed by atoms with van der Waals surface area (Å²) in [4.78, 5) is 9.99. The Bertz CT molecular complexity index is 552. The van der Waals surface area contributed by atoms with E-state index >= 15 is 0 Å². The minimum atomic E-state index is -0.702. The van der Waals surface area contributed by atoms with Crippen molar-refractivity contribution in [1.82, 2.24) is 15.1 Å². The smallest absolute Gasteiger partial charge is 0.306 e. The zero-order valence-electron chi connectivity index (χ0n) is 11.0. The first-order valence-electron chi connectivity index (χ1n) is 6.18. The van der Waals surface area contributed by atoms with Crippen molar-refractivity contribution >= 4 is 5.69 Å². The van der Waals surface area contributed by atoms with Crippen LogP contribution in [0.15, 0.2) is 35.2 Å². The standard InChI is InChI=1S/C12H16N4O4/c1-9(12-3-2-4-20-12)13-6-11(17)8-15-7-10(5-14-15)16(18)19/h2-5,7,9,11,13,17H,6,8H2,1H3/t9-,11?/m1/s1. The first kappa shape index (κ1) is 14.2. The summed E-state index contributed by atoms with van der Waals surface area (Å²) in [5.74, 6) is 0.784. The fourth-order valence-electron chi connectivity index (χ4n) is 1.78. The Balaban J connectivity index is 1.80. The topological polar surface area (TPSA) is 106 Å². The van der Waals surface area contributed by atoms with E-state index in [0.717, 1.165) is 12.0 Å². The minimum absolute atomic E-state index is 0.0217. The summed E-state index contributed by atoms with van der Waals surface area (Å²) < 4.78 is 6.59. The Morgan fingerprint density at radius 2 is 2.45 bits per heavy atom. The summed E-state index contributed by atoms with van der Waals surface area (Å²) in [6.07, 6.45) is 3.34. The highest BCUT2D eigenvalue weighted by Gasteiger charge is 2.14. The van der Waals surface area contributed by atoms with E-state index in [1.807, 2.05) is 13.0 Å². The number of hydrogen-bond donors (Lipinski definition) is 2. The second-order valence-corrected chi connectivity index (χ2v) is 4.48. The molecule has 0 amide bonds. The largest absolute Gasteiger partial charge is 0.468 e. The predicted octanol–water partition coefficient (Wildman–Crippen LogP) is 1.10. The molecular formula is C12H16N4O4. The van der Waals surface area contributed by atoms with E-state index < -0.39 is 11.0 Å². The molecule has 0 saturated carbocycles. The Morgan fingerprint density at radius 1 is 1.65 bits per heavy atom. The summed E-state index contributed by atoms with van der Waals surface area (Å²) in [5.41, 5.74) is -0.0888. The van der Waals surface area contributed by atoms with Gasteiger partial charge in [0, 0.05) is 6.54 Å². The van der Waals surface area contributed by atoms with Gasteiger partial charge in [0.25, 0.3) is 0 Å². The minimum Gasteiger partial charge on any atom is -0.468 e. The van der Waals surface area contributed by atoms with Gasteiger partial charge in [0.1, 0.15) is 18.2 Å². The van der Waals surface area contributed by atoms with Gasteiger partial charge in [0.2, 0.25) is 0 Å². The van der Waals surface area contributed by atoms with Gasteiger partial charge in [-0.05, 0) is 19.1 Å². The van der Waals surface area contributed by atoms with Crippen LogP contribution in [0.3, 0.4) is 0 Å². The number of nitrogens with one attached hydrogen (secondary N) is 1. The summed E-state index contributed by atoms with van der Waals surface area (Å²) in [6.45, 7) is 2.44. The normalized spacial score (nSPS) is 14.1. The van der Waals surface area contributed by atoms with Gasteiger partial charge in [0.05, 0.1) is 29.9 Å². The summed E-state index contributed by atoms with van der Waals surface area (Å²) in [6, 6.07) is 3.62. The van der Waals surface area contributed by atoms with E-state index in [4.69, 9.17) is 4.42 Å². The average molecular weight is 280 g/mol. The van der Waals surface area contributed by atoms with Crippen molar-refractivity contribution in [3.63, 3.8) is 0 Å². The van der Waals surface area contributed by atoms with Crippen molar-refractivity contribution in [2.75, 3.05) is 6.54 Å². The molecule has 0 aliphatic carbocycles. The second-order valence-electron chi connectivity index (χ2n) is 4.48. The molecule has 0 radical (unpaired) electrons. The fraction of sp³-hybridized carbons (Fsp3) is 0.417. The van der Waals surface area contributed by atoms with Crippen LogP contribution in [0.2, 0.25) is 0 Å². The van der Waals surface area contributed by atoms with Gasteiger partial charge in [-0.1, -0.05) is 0 Å². The highest BCUT2D eigenvalue weighted by molar-refractivity contribution is 5.20. The molecule has 2 aromatic rings. The predicted molar refractivity (Wildman–Crippen MR) is 70.0 cm³/mol. The number of nitrogens with zero attached hydrogens (tertiary/aromatic N) is 3. The quantitative estimate of drug-likeness (QED) is 0.581. The fourth-order valence-corrected chi connectivity index (χ4v) is 1.78. The monoisotopic (exact) mass is 280 g/mol. The average Bonchev–Trinajstić information content (AvgIpc) is 3.06. The molecule has 108 valence electrons. The van der Waals surface area contributed by atoms with Crippen LogP contribution in [0.5, 0.6) is 0 Å². The molecule has 0 fully saturated rings. The Hall–Kier alpha value is -2.19. The highest BCUT2D eigenvalue weighted by Crippen LogP contribution is 2.12. The lowest BCUT2D eigenvalue weighted by Crippen LogP contribution is -2.32. The lowest BCUT2D eigenvalue weighted by atomic mass is 10.2. The summed E-state index contributed by atoms with van der Waals surface area (Å²) >= 11 is 0. The zero-order chi connectivity index (χ0) is 14.5. The Morgan fingerprint density at radius 3 is 3.05 bits per heavy atom. The number of hydrogen-bond acceptors (Lipinski definition) is 6. The molecule has 2 heterocycles. The first-order chi connectivity index (χ1) is 9.56. The third kappa shape index (κ3) is 3.65. The Labute approximate surface area is 115 Å². The van der Waals surface area contributed by atoms with Crippen molar-refractivity contribution in [2.45, 2.75) is 25.6 Å². The molecular weight excluding hydrogens is 264 g/mol. The molecule has 0 saturated heterocycles. The molecule has 2 aromatic heterocycles. The molecule has 8 nitrogen and oxygen atoms in total. The molecule has 0 aliphatic heterocycles. The number of nitro groups is 1. The van der Waals surface area contributed by atoms with Gasteiger partial charge >= 0.3 is 5.69 Å². The molecule has 0 bridgehead atoms. The van der Waals surface area contributed by atoms with Crippen LogP contribution in [0, 0.1) is 10.1 Å². The van der Waals surface area contributed by atoms with Gasteiger partial charge in [0.15, 0.2) is 0 Å². The van der Waals surface area contributed by atoms with E-state index in [-0.39, 0.29) is 18.3 Å². The molecule has 1 unspecified atom stereocenters. The van der Waals surface area contributed by atoms with Gasteiger partial charge in [-0.3, -0.25) is 14.8 Å². The molecule has 2 N–H and O–H groups in total. The summed E-state index contributed by atoms with van der Waals surface area (Å²) in [7, 11) is 0. The van der Waals surface area contributed by atoms with E-state index in [1.54, 1.807) is 12.3 Å². The highest BCUT2D eigenvalue weighted by atomic mass is 16.6. The molecule has 2 rings (SSSR count). The number of aliphatic hydroxyl groups is 1. The van der Waals surface area contributed by atoms with E-state index in [9.17, 15) is 15.2 Å². The Kier molecular flexibility index (Phi) is 4.49. The zero-order valence-corrected chi connectivity index (χ0v) is 11.0. The van der Waals surface area contributed by atoms with E-state index in [2.05, 4.69) is 10.4 Å². The molecule has 8 heteroatoms. The lowest BCUT2D eigenvalue weighted by molar-refractivity contribution is -0.385. The van der Waals surface area contributed by atoms with Crippen LogP contribution in [-0.2, 0) is 6.54 Å². The first-order valence-corrected chi connectivity index (χ1v) is 6.18. The van der Waals surface area contributed by atoms with Gasteiger partial charge < -0.3 is 14.8 Å². The van der Waals surface area contributed by atoms with Crippen molar-refractivity contribution in [3.8, 4) is 0 Å². The van der Waals surface area contributed by atoms with Crippen LogP contribution in [0.4, 0.5) is 5.69 Å². The van der Waals surface area contributed by atoms with Crippen molar-refractivity contribution in [2.24, 2.45) is 0 Å². The van der Waals surface area contributed by atoms with Crippen LogP contribution in [-0.4, -0.2) is 32.5 Å². The van der Waals surface area contributed by atoms with Crippen LogP contribution >= 0.6 is 0 Å². The third-order valence-corrected chi connectivity index (χ3v) is 2.86. The third-order valence-electron chi connectivity index (χ3n) is 2.86. The van der Waals surface area contributed by atoms with Gasteiger partial charge in [-0.2, -0.15) is 5.10 Å². The molecule has 2 atom stereocenters. The molecule has 20 heavy (non-hydrogen) atoms. The molecule has 0 aromatic carbocycles. The number of furan rings is 1. The van der Waals surface area contributed by atoms with Gasteiger partial charge in [-0.25, -0.2) is 0 Å². The lowest BCUT2D eigenvalue weighted by Gasteiger charge is -2.15. The second kappa shape index (κ2) is 6.31. The van der Waals surface area contributed by atoms with Crippen molar-refractivity contribution in [3.05, 3.63) is 46.7 Å². The number of aromatic nitrogens is 2. The van der Waals surface area contributed by atoms with Crippen LogP contribution in [0.25, 0.3) is 0 Å².